The molecule has 1 saturated carbocycles. The minimum Gasteiger partial charge on any atom is -0.465 e. The Morgan fingerprint density at radius 2 is 1.79 bits per heavy atom. The molecular weight excluding hydrogens is 374 g/mol. The number of rotatable bonds is 3. The largest absolute Gasteiger partial charge is 0.465 e. The molecule has 0 unspecified atom stereocenters. The Kier molecular flexibility index (Phi) is 8.42. The van der Waals surface area contributed by atoms with E-state index in [1.807, 2.05) is 20.8 Å². The number of esters is 1. The summed E-state index contributed by atoms with van der Waals surface area (Å²) in [6, 6.07) is 3.41. The average molecular weight is 400 g/mol. The van der Waals surface area contributed by atoms with E-state index in [4.69, 9.17) is 4.74 Å². The summed E-state index contributed by atoms with van der Waals surface area (Å²) < 4.78 is 5.37. The molecule has 0 radical (unpaired) electrons. The molecule has 1 aliphatic carbocycles. The molecule has 1 aliphatic rings. The van der Waals surface area contributed by atoms with Crippen LogP contribution in [0.15, 0.2) is 16.6 Å². The maximum absolute atomic E-state index is 12.3. The summed E-state index contributed by atoms with van der Waals surface area (Å²) in [6.07, 6.45) is 2.40. The number of benzene rings is 1. The van der Waals surface area contributed by atoms with Crippen LogP contribution in [0.25, 0.3) is 0 Å². The van der Waals surface area contributed by atoms with Crippen molar-refractivity contribution in [3.63, 3.8) is 0 Å². The zero-order valence-electron chi connectivity index (χ0n) is 14.7. The molecule has 1 aromatic rings. The van der Waals surface area contributed by atoms with Crippen molar-refractivity contribution < 1.29 is 19.4 Å². The van der Waals surface area contributed by atoms with Crippen LogP contribution in [0.5, 0.6) is 0 Å². The van der Waals surface area contributed by atoms with Crippen molar-refractivity contribution in [2.24, 2.45) is 5.92 Å². The number of aliphatic hydroxyl groups is 1. The van der Waals surface area contributed by atoms with E-state index >= 15 is 0 Å². The molecule has 0 bridgehead atoms. The molecule has 2 rings (SSSR count). The Labute approximate surface area is 151 Å². The van der Waals surface area contributed by atoms with Gasteiger partial charge in [-0.15, -0.1) is 0 Å². The van der Waals surface area contributed by atoms with Gasteiger partial charge in [0, 0.05) is 16.1 Å². The molecule has 1 fully saturated rings. The highest BCUT2D eigenvalue weighted by atomic mass is 79.9. The fourth-order valence-electron chi connectivity index (χ4n) is 2.65. The third-order valence-electron chi connectivity index (χ3n) is 4.04. The molecule has 1 aromatic carbocycles. The number of hydrogen-bond donors (Lipinski definition) is 2. The van der Waals surface area contributed by atoms with Crippen molar-refractivity contribution in [2.45, 2.75) is 52.6 Å². The lowest BCUT2D eigenvalue weighted by molar-refractivity contribution is -0.121. The molecule has 134 valence electrons. The summed E-state index contributed by atoms with van der Waals surface area (Å²) >= 11 is 3.33. The number of carbonyl (C=O) groups is 2. The minimum atomic E-state index is -0.455. The van der Waals surface area contributed by atoms with E-state index < -0.39 is 5.97 Å². The van der Waals surface area contributed by atoms with E-state index in [1.54, 1.807) is 12.1 Å². The maximum atomic E-state index is 12.3. The molecule has 0 aromatic heterocycles. The predicted octanol–water partition coefficient (Wildman–Crippen LogP) is 4.06. The fraction of sp³-hybridized carbons (Fsp3) is 0.556. The zero-order valence-corrected chi connectivity index (χ0v) is 16.3. The second kappa shape index (κ2) is 9.79. The summed E-state index contributed by atoms with van der Waals surface area (Å²) in [4.78, 5) is 24.1. The van der Waals surface area contributed by atoms with E-state index in [9.17, 15) is 14.7 Å². The smallest absolute Gasteiger partial charge is 0.339 e. The van der Waals surface area contributed by atoms with Crippen LogP contribution in [0.2, 0.25) is 0 Å². The first-order valence-corrected chi connectivity index (χ1v) is 9.09. The Morgan fingerprint density at radius 1 is 1.21 bits per heavy atom. The average Bonchev–Trinajstić information content (AvgIpc) is 2.59. The van der Waals surface area contributed by atoms with Crippen molar-refractivity contribution in [2.75, 3.05) is 12.4 Å². The number of carbonyl (C=O) groups excluding carboxylic acids is 2. The van der Waals surface area contributed by atoms with Gasteiger partial charge in [-0.25, -0.2) is 4.79 Å². The van der Waals surface area contributed by atoms with Gasteiger partial charge in [0.25, 0.3) is 0 Å². The summed E-state index contributed by atoms with van der Waals surface area (Å²) in [5.41, 5.74) is 1.85. The lowest BCUT2D eigenvalue weighted by atomic mass is 9.87. The van der Waals surface area contributed by atoms with Crippen LogP contribution in [0.3, 0.4) is 0 Å². The molecule has 0 heterocycles. The number of aryl methyl sites for hydroxylation is 1. The van der Waals surface area contributed by atoms with Gasteiger partial charge in [0.1, 0.15) is 0 Å². The van der Waals surface area contributed by atoms with E-state index in [0.29, 0.717) is 41.4 Å². The van der Waals surface area contributed by atoms with E-state index in [2.05, 4.69) is 21.2 Å². The number of methoxy groups -OCH3 is 1. The highest BCUT2D eigenvalue weighted by molar-refractivity contribution is 9.10. The van der Waals surface area contributed by atoms with Gasteiger partial charge in [0.05, 0.1) is 18.8 Å². The van der Waals surface area contributed by atoms with Gasteiger partial charge in [-0.1, -0.05) is 13.8 Å². The Hall–Kier alpha value is -1.40. The fourth-order valence-corrected chi connectivity index (χ4v) is 3.27. The Bertz CT molecular complexity index is 581. The van der Waals surface area contributed by atoms with E-state index in [-0.39, 0.29) is 17.9 Å². The normalized spacial score (nSPS) is 19.8. The topological polar surface area (TPSA) is 75.6 Å². The van der Waals surface area contributed by atoms with Crippen LogP contribution < -0.4 is 5.32 Å². The summed E-state index contributed by atoms with van der Waals surface area (Å²) in [5, 5.41) is 12.4. The Morgan fingerprint density at radius 3 is 2.33 bits per heavy atom. The number of nitrogens with one attached hydrogen (secondary N) is 1. The van der Waals surface area contributed by atoms with Crippen molar-refractivity contribution in [3.05, 3.63) is 27.7 Å². The minimum absolute atomic E-state index is 0.0619. The molecule has 2 N–H and O–H groups in total. The molecule has 0 spiro atoms. The van der Waals surface area contributed by atoms with Gasteiger partial charge in [-0.3, -0.25) is 4.79 Å². The highest BCUT2D eigenvalue weighted by Gasteiger charge is 2.26. The number of aliphatic hydroxyl groups excluding tert-OH is 1. The first-order chi connectivity index (χ1) is 11.4. The molecule has 0 atom stereocenters. The predicted molar refractivity (Wildman–Crippen MR) is 98.2 cm³/mol. The molecular formula is C18H26BrNO4. The van der Waals surface area contributed by atoms with E-state index in [0.717, 1.165) is 5.56 Å². The number of ether oxygens (including phenoxy) is 1. The van der Waals surface area contributed by atoms with Crippen LogP contribution in [0.1, 0.15) is 55.5 Å². The van der Waals surface area contributed by atoms with Crippen molar-refractivity contribution in [3.8, 4) is 0 Å². The van der Waals surface area contributed by atoms with Crippen molar-refractivity contribution in [1.29, 1.82) is 0 Å². The van der Waals surface area contributed by atoms with Crippen LogP contribution in [0.4, 0.5) is 5.69 Å². The highest BCUT2D eigenvalue weighted by Crippen LogP contribution is 2.29. The number of amides is 1. The van der Waals surface area contributed by atoms with Crippen molar-refractivity contribution in [1.82, 2.24) is 0 Å². The first-order valence-electron chi connectivity index (χ1n) is 8.29. The van der Waals surface area contributed by atoms with Crippen LogP contribution in [-0.2, 0) is 9.53 Å². The van der Waals surface area contributed by atoms with Gasteiger partial charge in [0.15, 0.2) is 0 Å². The first kappa shape index (κ1) is 20.6. The monoisotopic (exact) mass is 399 g/mol. The summed E-state index contributed by atoms with van der Waals surface area (Å²) in [7, 11) is 1.32. The molecule has 6 heteroatoms. The Balaban J connectivity index is 0.00000139. The standard InChI is InChI=1S/C16H20BrNO4.C2H6/c1-9-7-13(17)12(16(21)22-2)8-14(9)18-15(20)10-3-5-11(19)6-4-10;1-2/h7-8,10-11,19H,3-6H2,1-2H3,(H,18,20);1-2H3. The molecule has 0 saturated heterocycles. The van der Waals surface area contributed by atoms with Gasteiger partial charge in [-0.2, -0.15) is 0 Å². The third-order valence-corrected chi connectivity index (χ3v) is 4.70. The lowest BCUT2D eigenvalue weighted by Crippen LogP contribution is -2.29. The quantitative estimate of drug-likeness (QED) is 0.751. The molecule has 5 nitrogen and oxygen atoms in total. The third kappa shape index (κ3) is 5.31. The van der Waals surface area contributed by atoms with E-state index in [1.165, 1.54) is 7.11 Å². The van der Waals surface area contributed by atoms with Crippen molar-refractivity contribution >= 4 is 33.5 Å². The van der Waals surface area contributed by atoms with Gasteiger partial charge < -0.3 is 15.2 Å². The van der Waals surface area contributed by atoms with Crippen LogP contribution >= 0.6 is 15.9 Å². The number of halogens is 1. The van der Waals surface area contributed by atoms with Gasteiger partial charge >= 0.3 is 5.97 Å². The van der Waals surface area contributed by atoms with Crippen LogP contribution in [-0.4, -0.2) is 30.2 Å². The second-order valence-corrected chi connectivity index (χ2v) is 6.49. The van der Waals surface area contributed by atoms with Crippen LogP contribution in [0, 0.1) is 12.8 Å². The lowest BCUT2D eigenvalue weighted by Gasteiger charge is -2.25. The molecule has 0 aliphatic heterocycles. The van der Waals surface area contributed by atoms with Gasteiger partial charge in [0.2, 0.25) is 5.91 Å². The SMILES string of the molecule is CC.COC(=O)c1cc(NC(=O)C2CCC(O)CC2)c(C)cc1Br. The molecule has 24 heavy (non-hydrogen) atoms. The second-order valence-electron chi connectivity index (χ2n) is 5.63. The van der Waals surface area contributed by atoms with Gasteiger partial charge in [-0.05, 0) is 66.2 Å². The summed E-state index contributed by atoms with van der Waals surface area (Å²) in [5.74, 6) is -0.607. The zero-order chi connectivity index (χ0) is 18.3. The summed E-state index contributed by atoms with van der Waals surface area (Å²) in [6.45, 7) is 5.87. The maximum Gasteiger partial charge on any atom is 0.339 e. The number of hydrogen-bond acceptors (Lipinski definition) is 4. The molecule has 1 amide bonds. The number of anilines is 1.